The smallest absolute Gasteiger partial charge is 0.135 e. The Balaban J connectivity index is 1.29. The first-order chi connectivity index (χ1) is 19.3. The van der Waals surface area contributed by atoms with Gasteiger partial charge in [0, 0.05) is 48.0 Å². The zero-order chi connectivity index (χ0) is 25.8. The lowest BCUT2D eigenvalue weighted by molar-refractivity contribution is 0.669. The standard InChI is InChI=1S/C36H23NOS/c1-2-10-26(11-3-1)37(28-18-20-36-32(23-28)30-14-5-7-16-35(30)39-36)27-12-8-9-24(21-27)25-17-19-34-31(22-25)29-13-4-6-15-33(29)38-34/h1-23H. The van der Waals surface area contributed by atoms with Crippen molar-refractivity contribution in [3.05, 3.63) is 140 Å². The van der Waals surface area contributed by atoms with Crippen molar-refractivity contribution in [2.45, 2.75) is 0 Å². The number of nitrogens with zero attached hydrogens (tertiary/aromatic N) is 1. The average molecular weight is 518 g/mol. The third-order valence-corrected chi connectivity index (χ3v) is 8.60. The van der Waals surface area contributed by atoms with Crippen molar-refractivity contribution in [2.75, 3.05) is 4.90 Å². The second-order valence-electron chi connectivity index (χ2n) is 9.81. The van der Waals surface area contributed by atoms with Crippen molar-refractivity contribution in [2.24, 2.45) is 0 Å². The molecule has 3 heteroatoms. The molecule has 0 unspecified atom stereocenters. The van der Waals surface area contributed by atoms with Gasteiger partial charge in [0.05, 0.1) is 0 Å². The van der Waals surface area contributed by atoms with Crippen molar-refractivity contribution in [1.29, 1.82) is 0 Å². The molecule has 0 fully saturated rings. The van der Waals surface area contributed by atoms with Crippen LogP contribution in [-0.4, -0.2) is 0 Å². The van der Waals surface area contributed by atoms with Gasteiger partial charge in [0.15, 0.2) is 0 Å². The summed E-state index contributed by atoms with van der Waals surface area (Å²) in [5.74, 6) is 0. The van der Waals surface area contributed by atoms with E-state index in [-0.39, 0.29) is 0 Å². The van der Waals surface area contributed by atoms with Crippen LogP contribution in [0.5, 0.6) is 0 Å². The van der Waals surface area contributed by atoms with E-state index >= 15 is 0 Å². The summed E-state index contributed by atoms with van der Waals surface area (Å²) in [6.07, 6.45) is 0. The highest BCUT2D eigenvalue weighted by Gasteiger charge is 2.16. The van der Waals surface area contributed by atoms with Crippen molar-refractivity contribution in [3.8, 4) is 11.1 Å². The van der Waals surface area contributed by atoms with Crippen LogP contribution in [0, 0.1) is 0 Å². The van der Waals surface area contributed by atoms with E-state index in [1.807, 2.05) is 23.5 Å². The zero-order valence-electron chi connectivity index (χ0n) is 21.0. The quantitative estimate of drug-likeness (QED) is 0.231. The van der Waals surface area contributed by atoms with Crippen molar-refractivity contribution < 1.29 is 4.42 Å². The Hall–Kier alpha value is -4.86. The third kappa shape index (κ3) is 3.70. The van der Waals surface area contributed by atoms with Gasteiger partial charge in [0.25, 0.3) is 0 Å². The molecule has 0 N–H and O–H groups in total. The summed E-state index contributed by atoms with van der Waals surface area (Å²) in [6.45, 7) is 0. The molecule has 0 spiro atoms. The molecule has 2 heterocycles. The first kappa shape index (κ1) is 22.2. The maximum absolute atomic E-state index is 6.07. The summed E-state index contributed by atoms with van der Waals surface area (Å²) in [6, 6.07) is 49.6. The van der Waals surface area contributed by atoms with E-state index in [2.05, 4.69) is 132 Å². The Morgan fingerprint density at radius 1 is 0.410 bits per heavy atom. The number of para-hydroxylation sites is 2. The lowest BCUT2D eigenvalue weighted by atomic mass is 10.0. The Bertz CT molecular complexity index is 2140. The summed E-state index contributed by atoms with van der Waals surface area (Å²) in [5.41, 5.74) is 7.57. The second kappa shape index (κ2) is 8.87. The van der Waals surface area contributed by atoms with Crippen LogP contribution < -0.4 is 4.90 Å². The van der Waals surface area contributed by atoms with Gasteiger partial charge in [-0.05, 0) is 77.9 Å². The molecule has 184 valence electrons. The van der Waals surface area contributed by atoms with Crippen LogP contribution in [-0.2, 0) is 0 Å². The average Bonchev–Trinajstić information content (AvgIpc) is 3.56. The van der Waals surface area contributed by atoms with E-state index in [0.29, 0.717) is 0 Å². The number of furan rings is 1. The van der Waals surface area contributed by atoms with Gasteiger partial charge in [0.2, 0.25) is 0 Å². The maximum Gasteiger partial charge on any atom is 0.135 e. The van der Waals surface area contributed by atoms with E-state index < -0.39 is 0 Å². The fourth-order valence-electron chi connectivity index (χ4n) is 5.61. The highest BCUT2D eigenvalue weighted by atomic mass is 32.1. The molecule has 0 amide bonds. The zero-order valence-corrected chi connectivity index (χ0v) is 21.9. The van der Waals surface area contributed by atoms with Crippen LogP contribution >= 0.6 is 11.3 Å². The van der Waals surface area contributed by atoms with Crippen LogP contribution in [0.4, 0.5) is 17.1 Å². The van der Waals surface area contributed by atoms with Crippen LogP contribution in [0.1, 0.15) is 0 Å². The Kier molecular flexibility index (Phi) is 5.04. The van der Waals surface area contributed by atoms with Gasteiger partial charge in [0.1, 0.15) is 11.2 Å². The van der Waals surface area contributed by atoms with E-state index in [9.17, 15) is 0 Å². The van der Waals surface area contributed by atoms with Gasteiger partial charge in [-0.1, -0.05) is 72.8 Å². The van der Waals surface area contributed by atoms with Gasteiger partial charge in [-0.15, -0.1) is 11.3 Å². The molecule has 0 saturated carbocycles. The van der Waals surface area contributed by atoms with E-state index in [0.717, 1.165) is 39.0 Å². The third-order valence-electron chi connectivity index (χ3n) is 7.45. The summed E-state index contributed by atoms with van der Waals surface area (Å²) < 4.78 is 8.70. The number of anilines is 3. The van der Waals surface area contributed by atoms with Gasteiger partial charge in [-0.2, -0.15) is 0 Å². The molecular formula is C36H23NOS. The summed E-state index contributed by atoms with van der Waals surface area (Å²) in [5, 5.41) is 4.89. The Morgan fingerprint density at radius 3 is 2.03 bits per heavy atom. The molecule has 0 saturated heterocycles. The van der Waals surface area contributed by atoms with Crippen molar-refractivity contribution >= 4 is 70.5 Å². The molecule has 6 aromatic carbocycles. The summed E-state index contributed by atoms with van der Waals surface area (Å²) in [7, 11) is 0. The lowest BCUT2D eigenvalue weighted by Gasteiger charge is -2.26. The summed E-state index contributed by atoms with van der Waals surface area (Å²) in [4.78, 5) is 2.35. The maximum atomic E-state index is 6.07. The van der Waals surface area contributed by atoms with Crippen LogP contribution in [0.25, 0.3) is 53.2 Å². The van der Waals surface area contributed by atoms with Crippen LogP contribution in [0.2, 0.25) is 0 Å². The fourth-order valence-corrected chi connectivity index (χ4v) is 6.69. The lowest BCUT2D eigenvalue weighted by Crippen LogP contribution is -2.09. The van der Waals surface area contributed by atoms with Gasteiger partial charge >= 0.3 is 0 Å². The van der Waals surface area contributed by atoms with Gasteiger partial charge < -0.3 is 9.32 Å². The Labute approximate surface area is 230 Å². The number of rotatable bonds is 4. The number of thiophene rings is 1. The normalized spacial score (nSPS) is 11.6. The minimum absolute atomic E-state index is 0.915. The molecule has 0 aliphatic rings. The van der Waals surface area contributed by atoms with E-state index in [1.165, 1.54) is 31.3 Å². The number of hydrogen-bond donors (Lipinski definition) is 0. The molecule has 8 rings (SSSR count). The van der Waals surface area contributed by atoms with Gasteiger partial charge in [-0.3, -0.25) is 0 Å². The van der Waals surface area contributed by atoms with Crippen LogP contribution in [0.3, 0.4) is 0 Å². The first-order valence-electron chi connectivity index (χ1n) is 13.1. The molecule has 0 radical (unpaired) electrons. The molecular weight excluding hydrogens is 494 g/mol. The predicted octanol–water partition coefficient (Wildman–Crippen LogP) is 11.1. The second-order valence-corrected chi connectivity index (χ2v) is 10.9. The van der Waals surface area contributed by atoms with Crippen molar-refractivity contribution in [3.63, 3.8) is 0 Å². The van der Waals surface area contributed by atoms with E-state index in [1.54, 1.807) is 0 Å². The molecule has 0 bridgehead atoms. The molecule has 39 heavy (non-hydrogen) atoms. The fraction of sp³-hybridized carbons (Fsp3) is 0. The number of benzene rings is 6. The minimum Gasteiger partial charge on any atom is -0.456 e. The molecule has 8 aromatic rings. The molecule has 2 nitrogen and oxygen atoms in total. The molecule has 0 atom stereocenters. The number of fused-ring (bicyclic) bond motifs is 6. The molecule has 0 aliphatic carbocycles. The topological polar surface area (TPSA) is 16.4 Å². The highest BCUT2D eigenvalue weighted by molar-refractivity contribution is 7.25. The molecule has 0 aliphatic heterocycles. The SMILES string of the molecule is c1ccc(N(c2cccc(-c3ccc4oc5ccccc5c4c3)c2)c2ccc3sc4ccccc4c3c2)cc1. The number of hydrogen-bond acceptors (Lipinski definition) is 3. The largest absolute Gasteiger partial charge is 0.456 e. The predicted molar refractivity (Wildman–Crippen MR) is 167 cm³/mol. The Morgan fingerprint density at radius 2 is 1.10 bits per heavy atom. The highest BCUT2D eigenvalue weighted by Crippen LogP contribution is 2.41. The van der Waals surface area contributed by atoms with E-state index in [4.69, 9.17) is 4.42 Å². The van der Waals surface area contributed by atoms with Crippen molar-refractivity contribution in [1.82, 2.24) is 0 Å². The molecule has 2 aromatic heterocycles. The van der Waals surface area contributed by atoms with Crippen LogP contribution in [0.15, 0.2) is 144 Å². The summed E-state index contributed by atoms with van der Waals surface area (Å²) >= 11 is 1.85. The minimum atomic E-state index is 0.915. The monoisotopic (exact) mass is 517 g/mol. The first-order valence-corrected chi connectivity index (χ1v) is 13.9. The van der Waals surface area contributed by atoms with Gasteiger partial charge in [-0.25, -0.2) is 0 Å².